The summed E-state index contributed by atoms with van der Waals surface area (Å²) in [7, 11) is 1.75. The highest BCUT2D eigenvalue weighted by Crippen LogP contribution is 2.44. The SMILES string of the molecule is CN=C(N)C1(C)CC1. The minimum absolute atomic E-state index is 0.286. The highest BCUT2D eigenvalue weighted by atomic mass is 14.9. The van der Waals surface area contributed by atoms with Crippen molar-refractivity contribution >= 4 is 5.84 Å². The summed E-state index contributed by atoms with van der Waals surface area (Å²) in [6.45, 7) is 2.15. The summed E-state index contributed by atoms with van der Waals surface area (Å²) < 4.78 is 0. The van der Waals surface area contributed by atoms with E-state index in [9.17, 15) is 0 Å². The van der Waals surface area contributed by atoms with Crippen LogP contribution in [0.1, 0.15) is 19.8 Å². The third-order valence-electron chi connectivity index (χ3n) is 1.86. The average Bonchev–Trinajstić information content (AvgIpc) is 2.47. The van der Waals surface area contributed by atoms with Crippen LogP contribution in [0.25, 0.3) is 0 Å². The van der Waals surface area contributed by atoms with Gasteiger partial charge in [-0.25, -0.2) is 0 Å². The normalized spacial score (nSPS) is 25.5. The van der Waals surface area contributed by atoms with Gasteiger partial charge in [-0.3, -0.25) is 4.99 Å². The van der Waals surface area contributed by atoms with Gasteiger partial charge in [0.1, 0.15) is 0 Å². The fourth-order valence-electron chi connectivity index (χ4n) is 0.714. The predicted octanol–water partition coefficient (Wildman–Crippen LogP) is 0.774. The Hall–Kier alpha value is -0.530. The van der Waals surface area contributed by atoms with E-state index in [0.29, 0.717) is 0 Å². The molecule has 0 bridgehead atoms. The molecule has 0 aromatic rings. The average molecular weight is 112 g/mol. The molecule has 0 amide bonds. The fraction of sp³-hybridized carbons (Fsp3) is 0.833. The predicted molar refractivity (Wildman–Crippen MR) is 34.9 cm³/mol. The molecule has 1 aliphatic rings. The summed E-state index contributed by atoms with van der Waals surface area (Å²) in [6.07, 6.45) is 2.44. The molecule has 0 saturated heterocycles. The Morgan fingerprint density at radius 1 is 1.62 bits per heavy atom. The first kappa shape index (κ1) is 5.60. The van der Waals surface area contributed by atoms with Crippen molar-refractivity contribution in [2.75, 3.05) is 7.05 Å². The lowest BCUT2D eigenvalue weighted by atomic mass is 10.1. The Kier molecular flexibility index (Phi) is 1.03. The maximum atomic E-state index is 5.56. The summed E-state index contributed by atoms with van der Waals surface area (Å²) in [4.78, 5) is 3.92. The van der Waals surface area contributed by atoms with Crippen molar-refractivity contribution in [3.63, 3.8) is 0 Å². The van der Waals surface area contributed by atoms with Gasteiger partial charge >= 0.3 is 0 Å². The van der Waals surface area contributed by atoms with Crippen molar-refractivity contribution in [3.8, 4) is 0 Å². The van der Waals surface area contributed by atoms with E-state index in [1.54, 1.807) is 7.05 Å². The molecule has 1 fully saturated rings. The van der Waals surface area contributed by atoms with Gasteiger partial charge in [-0.2, -0.15) is 0 Å². The standard InChI is InChI=1S/C6H12N2/c1-6(3-4-6)5(7)8-2/h3-4H2,1-2H3,(H2,7,8). The number of nitrogens with two attached hydrogens (primary N) is 1. The maximum Gasteiger partial charge on any atom is 0.0993 e. The largest absolute Gasteiger partial charge is 0.387 e. The molecule has 1 aliphatic carbocycles. The second kappa shape index (κ2) is 1.47. The lowest BCUT2D eigenvalue weighted by molar-refractivity contribution is 0.790. The zero-order valence-electron chi connectivity index (χ0n) is 5.44. The molecule has 0 aliphatic heterocycles. The summed E-state index contributed by atoms with van der Waals surface area (Å²) in [5.74, 6) is 0.817. The van der Waals surface area contributed by atoms with Crippen LogP contribution >= 0.6 is 0 Å². The first-order valence-corrected chi connectivity index (χ1v) is 2.92. The van der Waals surface area contributed by atoms with Gasteiger partial charge in [-0.05, 0) is 12.8 Å². The zero-order chi connectivity index (χ0) is 6.20. The molecule has 46 valence electrons. The van der Waals surface area contributed by atoms with Gasteiger partial charge < -0.3 is 5.73 Å². The van der Waals surface area contributed by atoms with Gasteiger partial charge in [0, 0.05) is 12.5 Å². The molecule has 0 atom stereocenters. The maximum absolute atomic E-state index is 5.56. The molecule has 2 N–H and O–H groups in total. The van der Waals surface area contributed by atoms with Crippen molar-refractivity contribution in [2.24, 2.45) is 16.1 Å². The van der Waals surface area contributed by atoms with E-state index >= 15 is 0 Å². The van der Waals surface area contributed by atoms with Crippen molar-refractivity contribution < 1.29 is 0 Å². The minimum Gasteiger partial charge on any atom is -0.387 e. The van der Waals surface area contributed by atoms with Crippen LogP contribution in [-0.4, -0.2) is 12.9 Å². The second-order valence-corrected chi connectivity index (χ2v) is 2.67. The number of nitrogens with zero attached hydrogens (tertiary/aromatic N) is 1. The van der Waals surface area contributed by atoms with Crippen LogP contribution in [0.3, 0.4) is 0 Å². The van der Waals surface area contributed by atoms with Gasteiger partial charge in [0.25, 0.3) is 0 Å². The second-order valence-electron chi connectivity index (χ2n) is 2.67. The molecular weight excluding hydrogens is 100 g/mol. The van der Waals surface area contributed by atoms with E-state index < -0.39 is 0 Å². The number of hydrogen-bond acceptors (Lipinski definition) is 1. The van der Waals surface area contributed by atoms with E-state index in [-0.39, 0.29) is 5.41 Å². The lowest BCUT2D eigenvalue weighted by Crippen LogP contribution is -2.21. The van der Waals surface area contributed by atoms with Gasteiger partial charge in [0.05, 0.1) is 5.84 Å². The van der Waals surface area contributed by atoms with Gasteiger partial charge in [0.2, 0.25) is 0 Å². The first-order chi connectivity index (χ1) is 3.69. The van der Waals surface area contributed by atoms with E-state index in [2.05, 4.69) is 11.9 Å². The molecule has 8 heavy (non-hydrogen) atoms. The van der Waals surface area contributed by atoms with E-state index in [0.717, 1.165) is 5.84 Å². The topological polar surface area (TPSA) is 38.4 Å². The van der Waals surface area contributed by atoms with Crippen LogP contribution in [-0.2, 0) is 0 Å². The summed E-state index contributed by atoms with van der Waals surface area (Å²) in [5, 5.41) is 0. The third-order valence-corrected chi connectivity index (χ3v) is 1.86. The van der Waals surface area contributed by atoms with E-state index in [1.807, 2.05) is 0 Å². The number of amidine groups is 1. The molecule has 0 unspecified atom stereocenters. The van der Waals surface area contributed by atoms with Gasteiger partial charge in [-0.15, -0.1) is 0 Å². The highest BCUT2D eigenvalue weighted by molar-refractivity contribution is 5.88. The molecular formula is C6H12N2. The first-order valence-electron chi connectivity index (χ1n) is 2.92. The Morgan fingerprint density at radius 3 is 2.25 bits per heavy atom. The van der Waals surface area contributed by atoms with Crippen molar-refractivity contribution in [2.45, 2.75) is 19.8 Å². The van der Waals surface area contributed by atoms with Crippen molar-refractivity contribution in [1.29, 1.82) is 0 Å². The van der Waals surface area contributed by atoms with E-state index in [4.69, 9.17) is 5.73 Å². The summed E-state index contributed by atoms with van der Waals surface area (Å²) >= 11 is 0. The molecule has 0 heterocycles. The van der Waals surface area contributed by atoms with Crippen LogP contribution in [0.4, 0.5) is 0 Å². The fourth-order valence-corrected chi connectivity index (χ4v) is 0.714. The van der Waals surface area contributed by atoms with Gasteiger partial charge in [0.15, 0.2) is 0 Å². The minimum atomic E-state index is 0.286. The number of rotatable bonds is 1. The Balaban J connectivity index is 2.59. The van der Waals surface area contributed by atoms with Crippen LogP contribution in [0, 0.1) is 5.41 Å². The Labute approximate surface area is 49.8 Å². The summed E-state index contributed by atoms with van der Waals surface area (Å²) in [6, 6.07) is 0. The van der Waals surface area contributed by atoms with Gasteiger partial charge in [-0.1, -0.05) is 6.92 Å². The van der Waals surface area contributed by atoms with Crippen molar-refractivity contribution in [1.82, 2.24) is 0 Å². The molecule has 0 aromatic heterocycles. The molecule has 0 radical (unpaired) electrons. The third kappa shape index (κ3) is 0.703. The molecule has 0 aromatic carbocycles. The quantitative estimate of drug-likeness (QED) is 0.395. The molecule has 2 heteroatoms. The van der Waals surface area contributed by atoms with Crippen molar-refractivity contribution in [3.05, 3.63) is 0 Å². The molecule has 1 rings (SSSR count). The highest BCUT2D eigenvalue weighted by Gasteiger charge is 2.40. The Bertz CT molecular complexity index is 122. The van der Waals surface area contributed by atoms with Crippen LogP contribution < -0.4 is 5.73 Å². The number of hydrogen-bond donors (Lipinski definition) is 1. The van der Waals surface area contributed by atoms with Crippen LogP contribution in [0.15, 0.2) is 4.99 Å². The van der Waals surface area contributed by atoms with Crippen LogP contribution in [0.5, 0.6) is 0 Å². The molecule has 0 spiro atoms. The smallest absolute Gasteiger partial charge is 0.0993 e. The monoisotopic (exact) mass is 112 g/mol. The summed E-state index contributed by atoms with van der Waals surface area (Å²) in [5.41, 5.74) is 5.85. The lowest BCUT2D eigenvalue weighted by Gasteiger charge is -2.03. The molecule has 1 saturated carbocycles. The zero-order valence-corrected chi connectivity index (χ0v) is 5.44. The Morgan fingerprint density at radius 2 is 2.12 bits per heavy atom. The number of aliphatic imine (C=N–C) groups is 1. The van der Waals surface area contributed by atoms with Crippen LogP contribution in [0.2, 0.25) is 0 Å². The van der Waals surface area contributed by atoms with E-state index in [1.165, 1.54) is 12.8 Å². The molecule has 2 nitrogen and oxygen atoms in total.